The van der Waals surface area contributed by atoms with Crippen LogP contribution in [0, 0.1) is 0 Å². The molecule has 0 radical (unpaired) electrons. The second-order valence-electron chi connectivity index (χ2n) is 7.01. The second-order valence-corrected chi connectivity index (χ2v) is 7.44. The van der Waals surface area contributed by atoms with Gasteiger partial charge in [-0.1, -0.05) is 24.9 Å². The first-order chi connectivity index (χ1) is 14.3. The van der Waals surface area contributed by atoms with Crippen molar-refractivity contribution in [2.45, 2.75) is 39.5 Å². The highest BCUT2D eigenvalue weighted by molar-refractivity contribution is 6.30. The normalized spacial score (nSPS) is 13.5. The van der Waals surface area contributed by atoms with Crippen molar-refractivity contribution in [2.24, 2.45) is 0 Å². The van der Waals surface area contributed by atoms with E-state index in [9.17, 15) is 19.2 Å². The van der Waals surface area contributed by atoms with E-state index in [1.165, 1.54) is 14.7 Å². The fraction of sp³-hybridized carbons (Fsp3) is 0.524. The molecule has 0 aromatic heterocycles. The average Bonchev–Trinajstić information content (AvgIpc) is 3.11. The minimum Gasteiger partial charge on any atom is -0.466 e. The molecule has 0 saturated carbocycles. The van der Waals surface area contributed by atoms with E-state index in [1.807, 2.05) is 6.92 Å². The van der Waals surface area contributed by atoms with Crippen molar-refractivity contribution in [1.29, 1.82) is 0 Å². The van der Waals surface area contributed by atoms with Crippen molar-refractivity contribution >= 4 is 41.0 Å². The average molecular weight is 438 g/mol. The number of rotatable bonds is 10. The van der Waals surface area contributed by atoms with Crippen molar-refractivity contribution in [2.75, 3.05) is 37.8 Å². The highest BCUT2D eigenvalue weighted by Crippen LogP contribution is 2.22. The molecule has 164 valence electrons. The smallest absolute Gasteiger partial charge is 0.306 e. The Labute approximate surface area is 181 Å². The lowest BCUT2D eigenvalue weighted by Crippen LogP contribution is -2.43. The number of benzene rings is 1. The van der Waals surface area contributed by atoms with E-state index < -0.39 is 5.97 Å². The van der Waals surface area contributed by atoms with Crippen LogP contribution in [0.1, 0.15) is 39.5 Å². The predicted molar refractivity (Wildman–Crippen MR) is 113 cm³/mol. The third kappa shape index (κ3) is 6.73. The first-order valence-corrected chi connectivity index (χ1v) is 10.5. The SMILES string of the molecule is CCCCN(CC(=O)N1CC(=O)N(c2ccc(Cl)cc2)C1)C(=O)CCC(=O)OCC. The van der Waals surface area contributed by atoms with E-state index in [4.69, 9.17) is 16.3 Å². The van der Waals surface area contributed by atoms with Crippen LogP contribution in [0.3, 0.4) is 0 Å². The maximum atomic E-state index is 12.8. The number of amides is 3. The molecule has 0 bridgehead atoms. The van der Waals surface area contributed by atoms with Crippen molar-refractivity contribution in [3.8, 4) is 0 Å². The highest BCUT2D eigenvalue weighted by Gasteiger charge is 2.32. The number of hydrogen-bond acceptors (Lipinski definition) is 5. The molecule has 1 saturated heterocycles. The fourth-order valence-electron chi connectivity index (χ4n) is 3.07. The molecule has 3 amide bonds. The topological polar surface area (TPSA) is 87.2 Å². The third-order valence-electron chi connectivity index (χ3n) is 4.74. The van der Waals surface area contributed by atoms with E-state index in [-0.39, 0.29) is 56.9 Å². The second kappa shape index (κ2) is 11.5. The van der Waals surface area contributed by atoms with Crippen LogP contribution in [-0.4, -0.2) is 66.4 Å². The van der Waals surface area contributed by atoms with E-state index in [2.05, 4.69) is 0 Å². The number of hydrogen-bond donors (Lipinski definition) is 0. The summed E-state index contributed by atoms with van der Waals surface area (Å²) in [5.74, 6) is -1.21. The summed E-state index contributed by atoms with van der Waals surface area (Å²) in [5.41, 5.74) is 0.660. The molecule has 0 unspecified atom stereocenters. The maximum Gasteiger partial charge on any atom is 0.306 e. The van der Waals surface area contributed by atoms with Gasteiger partial charge in [-0.2, -0.15) is 0 Å². The molecule has 1 aromatic carbocycles. The van der Waals surface area contributed by atoms with Gasteiger partial charge in [0.2, 0.25) is 17.7 Å². The number of carbonyl (C=O) groups excluding carboxylic acids is 4. The summed E-state index contributed by atoms with van der Waals surface area (Å²) < 4.78 is 4.85. The summed E-state index contributed by atoms with van der Waals surface area (Å²) in [6, 6.07) is 6.81. The van der Waals surface area contributed by atoms with Crippen LogP contribution in [0.25, 0.3) is 0 Å². The Morgan fingerprint density at radius 2 is 1.83 bits per heavy atom. The van der Waals surface area contributed by atoms with Gasteiger partial charge in [0.05, 0.1) is 19.6 Å². The fourth-order valence-corrected chi connectivity index (χ4v) is 3.19. The zero-order valence-corrected chi connectivity index (χ0v) is 18.2. The Kier molecular flexibility index (Phi) is 9.11. The minimum absolute atomic E-state index is 0.00828. The van der Waals surface area contributed by atoms with Gasteiger partial charge in [0, 0.05) is 23.7 Å². The summed E-state index contributed by atoms with van der Waals surface area (Å²) in [7, 11) is 0. The molecular formula is C21H28ClN3O5. The number of carbonyl (C=O) groups is 4. The Hall–Kier alpha value is -2.61. The van der Waals surface area contributed by atoms with Gasteiger partial charge in [-0.05, 0) is 37.6 Å². The van der Waals surface area contributed by atoms with Crippen molar-refractivity contribution < 1.29 is 23.9 Å². The summed E-state index contributed by atoms with van der Waals surface area (Å²) >= 11 is 5.89. The maximum absolute atomic E-state index is 12.8. The van der Waals surface area contributed by atoms with Crippen LogP contribution in [0.5, 0.6) is 0 Å². The van der Waals surface area contributed by atoms with Gasteiger partial charge in [-0.3, -0.25) is 24.1 Å². The van der Waals surface area contributed by atoms with Crippen LogP contribution in [0.2, 0.25) is 5.02 Å². The van der Waals surface area contributed by atoms with Gasteiger partial charge in [-0.25, -0.2) is 0 Å². The summed E-state index contributed by atoms with van der Waals surface area (Å²) in [4.78, 5) is 53.6. The zero-order chi connectivity index (χ0) is 22.1. The van der Waals surface area contributed by atoms with E-state index in [0.717, 1.165) is 12.8 Å². The number of esters is 1. The summed E-state index contributed by atoms with van der Waals surface area (Å²) in [6.07, 6.45) is 1.58. The Morgan fingerprint density at radius 1 is 1.13 bits per heavy atom. The Balaban J connectivity index is 1.97. The molecular weight excluding hydrogens is 410 g/mol. The van der Waals surface area contributed by atoms with Crippen LogP contribution in [0.4, 0.5) is 5.69 Å². The van der Waals surface area contributed by atoms with Gasteiger partial charge in [0.15, 0.2) is 0 Å². The summed E-state index contributed by atoms with van der Waals surface area (Å²) in [5, 5.41) is 0.561. The molecule has 1 aliphatic rings. The van der Waals surface area contributed by atoms with E-state index >= 15 is 0 Å². The third-order valence-corrected chi connectivity index (χ3v) is 4.99. The first-order valence-electron chi connectivity index (χ1n) is 10.1. The molecule has 1 aromatic rings. The molecule has 2 rings (SSSR count). The molecule has 8 nitrogen and oxygen atoms in total. The van der Waals surface area contributed by atoms with Crippen molar-refractivity contribution in [3.05, 3.63) is 29.3 Å². The van der Waals surface area contributed by atoms with Gasteiger partial charge in [0.25, 0.3) is 0 Å². The van der Waals surface area contributed by atoms with Crippen LogP contribution in [0.15, 0.2) is 24.3 Å². The van der Waals surface area contributed by atoms with Gasteiger partial charge in [-0.15, -0.1) is 0 Å². The van der Waals surface area contributed by atoms with E-state index in [0.29, 0.717) is 17.3 Å². The minimum atomic E-state index is -0.434. The quantitative estimate of drug-likeness (QED) is 0.525. The predicted octanol–water partition coefficient (Wildman–Crippen LogP) is 2.44. The standard InChI is InChI=1S/C21H28ClN3O5/c1-3-5-12-23(18(26)10-11-21(29)30-4-2)13-19(27)24-14-20(28)25(15-24)17-8-6-16(22)7-9-17/h6-9H,3-5,10-15H2,1-2H3. The molecule has 0 spiro atoms. The van der Waals surface area contributed by atoms with Gasteiger partial charge >= 0.3 is 5.97 Å². The molecule has 0 aliphatic carbocycles. The number of unbranched alkanes of at least 4 members (excludes halogenated alkanes) is 1. The molecule has 9 heteroatoms. The lowest BCUT2D eigenvalue weighted by atomic mass is 10.2. The van der Waals surface area contributed by atoms with E-state index in [1.54, 1.807) is 31.2 Å². The number of halogens is 1. The lowest BCUT2D eigenvalue weighted by Gasteiger charge is -2.25. The molecule has 1 heterocycles. The summed E-state index contributed by atoms with van der Waals surface area (Å²) in [6.45, 7) is 4.34. The molecule has 1 fully saturated rings. The monoisotopic (exact) mass is 437 g/mol. The van der Waals surface area contributed by atoms with Crippen LogP contribution >= 0.6 is 11.6 Å². The number of ether oxygens (including phenoxy) is 1. The number of nitrogens with zero attached hydrogens (tertiary/aromatic N) is 3. The lowest BCUT2D eigenvalue weighted by molar-refractivity contribution is -0.146. The van der Waals surface area contributed by atoms with Crippen molar-refractivity contribution in [1.82, 2.24) is 9.80 Å². The van der Waals surface area contributed by atoms with Gasteiger partial charge in [0.1, 0.15) is 13.2 Å². The molecule has 1 aliphatic heterocycles. The molecule has 30 heavy (non-hydrogen) atoms. The zero-order valence-electron chi connectivity index (χ0n) is 17.4. The highest BCUT2D eigenvalue weighted by atomic mass is 35.5. The van der Waals surface area contributed by atoms with Crippen LogP contribution in [-0.2, 0) is 23.9 Å². The van der Waals surface area contributed by atoms with Gasteiger partial charge < -0.3 is 14.5 Å². The Morgan fingerprint density at radius 3 is 2.47 bits per heavy atom. The number of anilines is 1. The largest absolute Gasteiger partial charge is 0.466 e. The van der Waals surface area contributed by atoms with Crippen molar-refractivity contribution in [3.63, 3.8) is 0 Å². The Bertz CT molecular complexity index is 768. The molecule has 0 atom stereocenters. The first kappa shape index (κ1) is 23.7. The molecule has 0 N–H and O–H groups in total. The van der Waals surface area contributed by atoms with Crippen LogP contribution < -0.4 is 4.90 Å².